The highest BCUT2D eigenvalue weighted by Gasteiger charge is 2.35. The maximum Gasteiger partial charge on any atom is 0.0812 e. The van der Waals surface area contributed by atoms with E-state index in [-0.39, 0.29) is 11.5 Å². The molecule has 0 aromatic carbocycles. The molecule has 3 rings (SSSR count). The molecule has 1 fully saturated rings. The second kappa shape index (κ2) is 5.22. The maximum absolute atomic E-state index is 10.5. The molecule has 1 saturated carbocycles. The number of hydrogen-bond donors (Lipinski definition) is 1. The number of rotatable bonds is 1. The molecule has 2 heteroatoms. The molecule has 2 aliphatic rings. The lowest BCUT2D eigenvalue weighted by Gasteiger charge is -2.35. The molecule has 1 N–H and O–H groups in total. The van der Waals surface area contributed by atoms with Gasteiger partial charge in [0, 0.05) is 23.0 Å². The molecule has 0 saturated heterocycles. The lowest BCUT2D eigenvalue weighted by molar-refractivity contribution is 0.0972. The third-order valence-electron chi connectivity index (χ3n) is 5.31. The molecule has 0 spiro atoms. The third kappa shape index (κ3) is 2.55. The summed E-state index contributed by atoms with van der Waals surface area (Å²) in [5, 5.41) is 10.5. The summed E-state index contributed by atoms with van der Waals surface area (Å²) >= 11 is 0. The Hall–Kier alpha value is -0.760. The highest BCUT2D eigenvalue weighted by atomic mass is 16.3. The van der Waals surface area contributed by atoms with Crippen LogP contribution in [0.2, 0.25) is 0 Å². The zero-order valence-corrected chi connectivity index (χ0v) is 13.3. The first-order valence-corrected chi connectivity index (χ1v) is 8.37. The number of hydrogen-bond acceptors (Lipinski definition) is 1. The van der Waals surface area contributed by atoms with Crippen molar-refractivity contribution in [2.24, 2.45) is 5.41 Å². The Morgan fingerprint density at radius 2 is 1.80 bits per heavy atom. The van der Waals surface area contributed by atoms with Crippen molar-refractivity contribution in [1.29, 1.82) is 0 Å². The highest BCUT2D eigenvalue weighted by Crippen LogP contribution is 2.44. The van der Waals surface area contributed by atoms with Crippen LogP contribution in [0.4, 0.5) is 0 Å². The topological polar surface area (TPSA) is 25.2 Å². The van der Waals surface area contributed by atoms with Gasteiger partial charge in [0.05, 0.1) is 6.10 Å². The minimum atomic E-state index is -0.264. The molecule has 0 amide bonds. The Morgan fingerprint density at radius 3 is 2.45 bits per heavy atom. The summed E-state index contributed by atoms with van der Waals surface area (Å²) in [6.45, 7) is 6.81. The Kier molecular flexibility index (Phi) is 3.70. The normalized spacial score (nSPS) is 27.1. The summed E-state index contributed by atoms with van der Waals surface area (Å²) in [6.07, 6.45) is 9.90. The van der Waals surface area contributed by atoms with E-state index < -0.39 is 0 Å². The number of aliphatic hydroxyl groups is 1. The van der Waals surface area contributed by atoms with E-state index in [4.69, 9.17) is 0 Å². The van der Waals surface area contributed by atoms with Gasteiger partial charge in [0.15, 0.2) is 0 Å². The van der Waals surface area contributed by atoms with Crippen LogP contribution in [0.15, 0.2) is 6.07 Å². The Morgan fingerprint density at radius 1 is 1.15 bits per heavy atom. The number of fused-ring (bicyclic) bond motifs is 1. The number of aryl methyl sites for hydroxylation is 1. The predicted molar refractivity (Wildman–Crippen MR) is 83.0 cm³/mol. The van der Waals surface area contributed by atoms with Gasteiger partial charge in [0.1, 0.15) is 0 Å². The van der Waals surface area contributed by atoms with Crippen LogP contribution in [0.3, 0.4) is 0 Å². The molecular weight excluding hydrogens is 246 g/mol. The molecule has 1 heterocycles. The molecule has 1 unspecified atom stereocenters. The summed E-state index contributed by atoms with van der Waals surface area (Å²) in [4.78, 5) is 0. The minimum absolute atomic E-state index is 0.222. The van der Waals surface area contributed by atoms with Crippen LogP contribution in [-0.2, 0) is 6.42 Å². The fourth-order valence-electron chi connectivity index (χ4n) is 4.39. The molecule has 1 aromatic rings. The molecule has 112 valence electrons. The molecule has 2 aliphatic carbocycles. The zero-order chi connectivity index (χ0) is 14.3. The standard InChI is InChI=1S/C18H29NO/c1-13-10-15-16(11-18(2,3)12-17(15)20)19(13)14-8-6-4-5-7-9-14/h10,14,17,20H,4-9,11-12H2,1-3H3. The SMILES string of the molecule is Cc1cc2c(n1C1CCCCCC1)CC(C)(C)CC2O. The molecule has 0 aliphatic heterocycles. The van der Waals surface area contributed by atoms with Gasteiger partial charge in [-0.05, 0) is 44.1 Å². The van der Waals surface area contributed by atoms with Gasteiger partial charge >= 0.3 is 0 Å². The van der Waals surface area contributed by atoms with E-state index >= 15 is 0 Å². The van der Waals surface area contributed by atoms with E-state index in [0.29, 0.717) is 6.04 Å². The van der Waals surface area contributed by atoms with Crippen LogP contribution in [0.5, 0.6) is 0 Å². The first-order valence-electron chi connectivity index (χ1n) is 8.37. The van der Waals surface area contributed by atoms with Crippen LogP contribution >= 0.6 is 0 Å². The van der Waals surface area contributed by atoms with Crippen LogP contribution in [-0.4, -0.2) is 9.67 Å². The highest BCUT2D eigenvalue weighted by molar-refractivity contribution is 5.34. The van der Waals surface area contributed by atoms with Crippen molar-refractivity contribution in [3.8, 4) is 0 Å². The summed E-state index contributed by atoms with van der Waals surface area (Å²) < 4.78 is 2.59. The first-order chi connectivity index (χ1) is 9.48. The number of aromatic nitrogens is 1. The van der Waals surface area contributed by atoms with Gasteiger partial charge in [-0.1, -0.05) is 39.5 Å². The monoisotopic (exact) mass is 275 g/mol. The quantitative estimate of drug-likeness (QED) is 0.738. The van der Waals surface area contributed by atoms with Gasteiger partial charge in [-0.3, -0.25) is 0 Å². The van der Waals surface area contributed by atoms with E-state index in [2.05, 4.69) is 31.4 Å². The largest absolute Gasteiger partial charge is 0.388 e. The van der Waals surface area contributed by atoms with Crippen molar-refractivity contribution in [1.82, 2.24) is 4.57 Å². The summed E-state index contributed by atoms with van der Waals surface area (Å²) in [7, 11) is 0. The zero-order valence-electron chi connectivity index (χ0n) is 13.3. The summed E-state index contributed by atoms with van der Waals surface area (Å²) in [5.41, 5.74) is 4.22. The molecule has 20 heavy (non-hydrogen) atoms. The fraction of sp³-hybridized carbons (Fsp3) is 0.778. The molecule has 1 aromatic heterocycles. The predicted octanol–water partition coefficient (Wildman–Crippen LogP) is 4.70. The fourth-order valence-corrected chi connectivity index (χ4v) is 4.39. The number of nitrogens with zero attached hydrogens (tertiary/aromatic N) is 1. The van der Waals surface area contributed by atoms with E-state index in [1.54, 1.807) is 0 Å². The van der Waals surface area contributed by atoms with Crippen molar-refractivity contribution in [3.05, 3.63) is 23.0 Å². The summed E-state index contributed by atoms with van der Waals surface area (Å²) in [5.74, 6) is 0. The van der Waals surface area contributed by atoms with Crippen LogP contribution in [0.1, 0.15) is 87.9 Å². The van der Waals surface area contributed by atoms with Gasteiger partial charge in [0.2, 0.25) is 0 Å². The second-order valence-electron chi connectivity index (χ2n) is 7.76. The average Bonchev–Trinajstić information content (AvgIpc) is 2.55. The van der Waals surface area contributed by atoms with Crippen LogP contribution in [0.25, 0.3) is 0 Å². The van der Waals surface area contributed by atoms with Crippen LogP contribution in [0, 0.1) is 12.3 Å². The van der Waals surface area contributed by atoms with E-state index in [1.807, 2.05) is 0 Å². The molecule has 0 bridgehead atoms. The van der Waals surface area contributed by atoms with Gasteiger partial charge in [-0.25, -0.2) is 0 Å². The van der Waals surface area contributed by atoms with Crippen LogP contribution < -0.4 is 0 Å². The van der Waals surface area contributed by atoms with Crippen molar-refractivity contribution < 1.29 is 5.11 Å². The lowest BCUT2D eigenvalue weighted by Crippen LogP contribution is -2.28. The number of aliphatic hydroxyl groups excluding tert-OH is 1. The Labute approximate surface area is 123 Å². The molecule has 0 radical (unpaired) electrons. The van der Waals surface area contributed by atoms with Crippen molar-refractivity contribution in [2.75, 3.05) is 0 Å². The first kappa shape index (κ1) is 14.2. The van der Waals surface area contributed by atoms with Gasteiger partial charge in [-0.2, -0.15) is 0 Å². The van der Waals surface area contributed by atoms with Gasteiger partial charge in [0.25, 0.3) is 0 Å². The Balaban J connectivity index is 1.99. The van der Waals surface area contributed by atoms with Gasteiger partial charge < -0.3 is 9.67 Å². The van der Waals surface area contributed by atoms with Crippen molar-refractivity contribution >= 4 is 0 Å². The minimum Gasteiger partial charge on any atom is -0.388 e. The Bertz CT molecular complexity index is 478. The smallest absolute Gasteiger partial charge is 0.0812 e. The molecular formula is C18H29NO. The summed E-state index contributed by atoms with van der Waals surface area (Å²) in [6, 6.07) is 2.92. The van der Waals surface area contributed by atoms with Gasteiger partial charge in [-0.15, -0.1) is 0 Å². The second-order valence-corrected chi connectivity index (χ2v) is 7.76. The third-order valence-corrected chi connectivity index (χ3v) is 5.31. The van der Waals surface area contributed by atoms with Crippen molar-refractivity contribution in [2.45, 2.75) is 84.3 Å². The average molecular weight is 275 g/mol. The van der Waals surface area contributed by atoms with E-state index in [0.717, 1.165) is 12.8 Å². The maximum atomic E-state index is 10.5. The van der Waals surface area contributed by atoms with E-state index in [9.17, 15) is 5.11 Å². The molecule has 2 nitrogen and oxygen atoms in total. The lowest BCUT2D eigenvalue weighted by atomic mass is 9.75. The molecule has 1 atom stereocenters. The van der Waals surface area contributed by atoms with Crippen molar-refractivity contribution in [3.63, 3.8) is 0 Å². The van der Waals surface area contributed by atoms with E-state index in [1.165, 1.54) is 55.5 Å².